The highest BCUT2D eigenvalue weighted by molar-refractivity contribution is 6.32. The van der Waals surface area contributed by atoms with Crippen molar-refractivity contribution in [3.8, 4) is 5.75 Å². The minimum atomic E-state index is -1.44. The number of halogens is 2. The molecule has 7 nitrogen and oxygen atoms in total. The Kier molecular flexibility index (Phi) is 5.92. The maximum atomic E-state index is 12.8. The topological polar surface area (TPSA) is 119 Å². The number of rotatable bonds is 7. The number of hydrogen-bond acceptors (Lipinski definition) is 4. The summed E-state index contributed by atoms with van der Waals surface area (Å²) >= 11 is 5.69. The van der Waals surface area contributed by atoms with Crippen molar-refractivity contribution >= 4 is 29.4 Å². The van der Waals surface area contributed by atoms with Crippen molar-refractivity contribution in [3.63, 3.8) is 0 Å². The van der Waals surface area contributed by atoms with Crippen molar-refractivity contribution in [1.82, 2.24) is 5.32 Å². The molecular formula is C12H12ClFN2O5. The molecule has 0 fully saturated rings. The molecule has 9 heteroatoms. The van der Waals surface area contributed by atoms with E-state index in [0.717, 1.165) is 12.1 Å². The molecule has 2 amide bonds. The van der Waals surface area contributed by atoms with E-state index in [1.54, 1.807) is 0 Å². The first kappa shape index (κ1) is 16.7. The van der Waals surface area contributed by atoms with Crippen LogP contribution >= 0.6 is 11.6 Å². The van der Waals surface area contributed by atoms with E-state index in [2.05, 4.69) is 5.32 Å². The number of aliphatic carboxylic acids is 1. The number of carboxylic acid groups (broad SMARTS) is 1. The molecule has 1 rings (SSSR count). The summed E-state index contributed by atoms with van der Waals surface area (Å²) in [6.07, 6.45) is -0.543. The number of nitrogens with one attached hydrogen (secondary N) is 1. The molecule has 0 aliphatic heterocycles. The highest BCUT2D eigenvalue weighted by Crippen LogP contribution is 2.24. The van der Waals surface area contributed by atoms with Crippen LogP contribution in [0, 0.1) is 5.82 Å². The first-order chi connectivity index (χ1) is 9.79. The molecule has 114 valence electrons. The normalized spacial score (nSPS) is 11.5. The molecular weight excluding hydrogens is 307 g/mol. The van der Waals surface area contributed by atoms with Crippen LogP contribution in [0.25, 0.3) is 0 Å². The van der Waals surface area contributed by atoms with E-state index in [0.29, 0.717) is 0 Å². The largest absolute Gasteiger partial charge is 0.482 e. The molecule has 4 N–H and O–H groups in total. The van der Waals surface area contributed by atoms with Gasteiger partial charge in [0.15, 0.2) is 6.61 Å². The number of carbonyl (C=O) groups excluding carboxylic acids is 2. The average molecular weight is 319 g/mol. The van der Waals surface area contributed by atoms with Gasteiger partial charge in [-0.2, -0.15) is 0 Å². The number of primary amides is 1. The van der Waals surface area contributed by atoms with E-state index in [-0.39, 0.29) is 10.8 Å². The van der Waals surface area contributed by atoms with E-state index in [4.69, 9.17) is 27.2 Å². The van der Waals surface area contributed by atoms with Gasteiger partial charge in [0.1, 0.15) is 17.6 Å². The molecule has 0 unspecified atom stereocenters. The summed E-state index contributed by atoms with van der Waals surface area (Å²) in [5, 5.41) is 10.8. The number of amides is 2. The van der Waals surface area contributed by atoms with Crippen LogP contribution in [0.3, 0.4) is 0 Å². The Morgan fingerprint density at radius 1 is 1.43 bits per heavy atom. The second kappa shape index (κ2) is 7.44. The lowest BCUT2D eigenvalue weighted by Gasteiger charge is -2.13. The van der Waals surface area contributed by atoms with E-state index < -0.39 is 42.7 Å². The van der Waals surface area contributed by atoms with E-state index in [1.165, 1.54) is 6.07 Å². The zero-order valence-electron chi connectivity index (χ0n) is 10.6. The SMILES string of the molecule is NC(=O)C[C@H](NC(=O)COc1ccc(F)cc1Cl)C(=O)O. The first-order valence-corrected chi connectivity index (χ1v) is 6.05. The van der Waals surface area contributed by atoms with Crippen molar-refractivity contribution in [2.75, 3.05) is 6.61 Å². The Bertz CT molecular complexity index is 567. The first-order valence-electron chi connectivity index (χ1n) is 5.68. The summed E-state index contributed by atoms with van der Waals surface area (Å²) in [6.45, 7) is -0.548. The summed E-state index contributed by atoms with van der Waals surface area (Å²) in [5.74, 6) is -3.56. The second-order valence-electron chi connectivity index (χ2n) is 3.99. The Morgan fingerprint density at radius 3 is 2.62 bits per heavy atom. The Labute approximate surface area is 123 Å². The third-order valence-electron chi connectivity index (χ3n) is 2.29. The maximum Gasteiger partial charge on any atom is 0.326 e. The highest BCUT2D eigenvalue weighted by Gasteiger charge is 2.22. The van der Waals surface area contributed by atoms with Crippen LogP contribution in [0.1, 0.15) is 6.42 Å². The molecule has 0 aliphatic rings. The molecule has 0 aliphatic carbocycles. The van der Waals surface area contributed by atoms with Gasteiger partial charge in [-0.25, -0.2) is 9.18 Å². The zero-order chi connectivity index (χ0) is 16.0. The Balaban J connectivity index is 2.56. The van der Waals surface area contributed by atoms with E-state index in [9.17, 15) is 18.8 Å². The molecule has 0 aromatic heterocycles. The van der Waals surface area contributed by atoms with Gasteiger partial charge in [-0.05, 0) is 18.2 Å². The van der Waals surface area contributed by atoms with Crippen LogP contribution in [-0.2, 0) is 14.4 Å². The fourth-order valence-corrected chi connectivity index (χ4v) is 1.59. The lowest BCUT2D eigenvalue weighted by Crippen LogP contribution is -2.45. The Hall–Kier alpha value is -2.35. The summed E-state index contributed by atoms with van der Waals surface area (Å²) in [5.41, 5.74) is 4.87. The molecule has 1 aromatic carbocycles. The van der Waals surface area contributed by atoms with Crippen molar-refractivity contribution < 1.29 is 28.6 Å². The predicted molar refractivity (Wildman–Crippen MR) is 70.3 cm³/mol. The quantitative estimate of drug-likeness (QED) is 0.668. The lowest BCUT2D eigenvalue weighted by molar-refractivity contribution is -0.143. The molecule has 0 bridgehead atoms. The van der Waals surface area contributed by atoms with Crippen molar-refractivity contribution in [1.29, 1.82) is 0 Å². The zero-order valence-corrected chi connectivity index (χ0v) is 11.4. The molecule has 1 atom stereocenters. The van der Waals surface area contributed by atoms with Crippen LogP contribution in [0.5, 0.6) is 5.75 Å². The van der Waals surface area contributed by atoms with E-state index in [1.807, 2.05) is 0 Å². The predicted octanol–water partition coefficient (Wildman–Crippen LogP) is 0.303. The molecule has 0 saturated carbocycles. The average Bonchev–Trinajstić information content (AvgIpc) is 2.36. The molecule has 0 heterocycles. The number of carbonyl (C=O) groups is 3. The van der Waals surface area contributed by atoms with Gasteiger partial charge in [0.05, 0.1) is 11.4 Å². The lowest BCUT2D eigenvalue weighted by atomic mass is 10.2. The van der Waals surface area contributed by atoms with Crippen molar-refractivity contribution in [2.45, 2.75) is 12.5 Å². The van der Waals surface area contributed by atoms with Crippen LogP contribution in [0.2, 0.25) is 5.02 Å². The summed E-state index contributed by atoms with van der Waals surface area (Å²) in [6, 6.07) is 1.87. The smallest absolute Gasteiger partial charge is 0.326 e. The Morgan fingerprint density at radius 2 is 2.10 bits per heavy atom. The minimum Gasteiger partial charge on any atom is -0.482 e. The van der Waals surface area contributed by atoms with Crippen LogP contribution < -0.4 is 15.8 Å². The number of nitrogens with two attached hydrogens (primary N) is 1. The minimum absolute atomic E-state index is 0.0327. The van der Waals surface area contributed by atoms with Gasteiger partial charge < -0.3 is 20.9 Å². The number of hydrogen-bond donors (Lipinski definition) is 3. The van der Waals surface area contributed by atoms with Crippen LogP contribution in [0.15, 0.2) is 18.2 Å². The summed E-state index contributed by atoms with van der Waals surface area (Å²) < 4.78 is 17.8. The summed E-state index contributed by atoms with van der Waals surface area (Å²) in [4.78, 5) is 33.0. The van der Waals surface area contributed by atoms with Gasteiger partial charge in [-0.1, -0.05) is 11.6 Å². The fourth-order valence-electron chi connectivity index (χ4n) is 1.37. The van der Waals surface area contributed by atoms with Gasteiger partial charge in [-0.3, -0.25) is 9.59 Å². The number of ether oxygens (including phenoxy) is 1. The van der Waals surface area contributed by atoms with E-state index >= 15 is 0 Å². The second-order valence-corrected chi connectivity index (χ2v) is 4.40. The van der Waals surface area contributed by atoms with Gasteiger partial charge in [0, 0.05) is 0 Å². The molecule has 21 heavy (non-hydrogen) atoms. The summed E-state index contributed by atoms with van der Waals surface area (Å²) in [7, 11) is 0. The van der Waals surface area contributed by atoms with Crippen LogP contribution in [0.4, 0.5) is 4.39 Å². The van der Waals surface area contributed by atoms with Gasteiger partial charge in [0.25, 0.3) is 5.91 Å². The van der Waals surface area contributed by atoms with Gasteiger partial charge in [0.2, 0.25) is 5.91 Å². The van der Waals surface area contributed by atoms with Crippen molar-refractivity contribution in [2.24, 2.45) is 5.73 Å². The van der Waals surface area contributed by atoms with Gasteiger partial charge >= 0.3 is 5.97 Å². The third kappa shape index (κ3) is 5.65. The molecule has 0 radical (unpaired) electrons. The third-order valence-corrected chi connectivity index (χ3v) is 2.59. The monoisotopic (exact) mass is 318 g/mol. The number of carboxylic acids is 1. The van der Waals surface area contributed by atoms with Crippen LogP contribution in [-0.4, -0.2) is 35.5 Å². The van der Waals surface area contributed by atoms with Crippen molar-refractivity contribution in [3.05, 3.63) is 29.0 Å². The number of benzene rings is 1. The molecule has 1 aromatic rings. The maximum absolute atomic E-state index is 12.8. The molecule has 0 saturated heterocycles. The standard InChI is InChI=1S/C12H12ClFN2O5/c13-7-3-6(14)1-2-9(7)21-5-11(18)16-8(12(19)20)4-10(15)17/h1-3,8H,4-5H2,(H2,15,17)(H,16,18)(H,19,20)/t8-/m0/s1. The highest BCUT2D eigenvalue weighted by atomic mass is 35.5. The molecule has 0 spiro atoms. The fraction of sp³-hybridized carbons (Fsp3) is 0.250. The van der Waals surface area contributed by atoms with Gasteiger partial charge in [-0.15, -0.1) is 0 Å².